The van der Waals surface area contributed by atoms with Gasteiger partial charge in [0.05, 0.1) is 0 Å². The first-order valence-corrected chi connectivity index (χ1v) is 8.01. The molecule has 0 aliphatic carbocycles. The van der Waals surface area contributed by atoms with Crippen molar-refractivity contribution in [2.45, 2.75) is 89.5 Å². The predicted octanol–water partition coefficient (Wildman–Crippen LogP) is 6.67. The molecular weight excluding hydrogens is 256 g/mol. The number of ketones is 1. The fourth-order valence-electron chi connectivity index (χ4n) is 2.58. The minimum atomic E-state index is -0.155. The van der Waals surface area contributed by atoms with Gasteiger partial charge in [-0.05, 0) is 29.6 Å². The minimum Gasteiger partial charge on any atom is -0.299 e. The van der Waals surface area contributed by atoms with Crippen LogP contribution in [0, 0.1) is 21.7 Å². The van der Waals surface area contributed by atoms with Crippen molar-refractivity contribution in [3.05, 3.63) is 12.2 Å². The Morgan fingerprint density at radius 2 is 1.05 bits per heavy atom. The second kappa shape index (κ2) is 7.11. The van der Waals surface area contributed by atoms with Crippen LogP contribution < -0.4 is 0 Å². The molecule has 0 aliphatic heterocycles. The monoisotopic (exact) mass is 296 g/mol. The largest absolute Gasteiger partial charge is 0.299 e. The van der Waals surface area contributed by atoms with Crippen LogP contribution in [-0.2, 0) is 4.79 Å². The molecule has 0 atom stereocenters. The molecule has 0 aromatic heterocycles. The third kappa shape index (κ3) is 10.7. The molecule has 0 rings (SSSR count). The highest BCUT2D eigenvalue weighted by Gasteiger charge is 2.29. The van der Waals surface area contributed by atoms with Gasteiger partial charge >= 0.3 is 0 Å². The van der Waals surface area contributed by atoms with Crippen LogP contribution in [0.2, 0.25) is 0 Å². The molecule has 0 aromatic carbocycles. The van der Waals surface area contributed by atoms with Gasteiger partial charge in [0.1, 0.15) is 5.78 Å². The summed E-state index contributed by atoms with van der Waals surface area (Å²) >= 11 is 0. The molecule has 0 fully saturated rings. The van der Waals surface area contributed by atoms with Gasteiger partial charge in [0.25, 0.3) is 0 Å². The molecule has 0 bridgehead atoms. The number of carbonyl (C=O) groups excluding carboxylic acids is 1. The summed E-state index contributed by atoms with van der Waals surface area (Å²) in [6, 6.07) is 0. The van der Waals surface area contributed by atoms with Gasteiger partial charge in [0.2, 0.25) is 0 Å². The third-order valence-corrected chi connectivity index (χ3v) is 3.74. The van der Waals surface area contributed by atoms with Crippen molar-refractivity contribution in [1.82, 2.24) is 0 Å². The molecule has 0 heterocycles. The van der Waals surface area contributed by atoms with Gasteiger partial charge < -0.3 is 0 Å². The highest BCUT2D eigenvalue weighted by molar-refractivity contribution is 5.81. The van der Waals surface area contributed by atoms with E-state index >= 15 is 0 Å². The summed E-state index contributed by atoms with van der Waals surface area (Å²) in [7, 11) is 0. The van der Waals surface area contributed by atoms with Crippen molar-refractivity contribution < 1.29 is 4.79 Å². The van der Waals surface area contributed by atoms with Gasteiger partial charge in [0, 0.05) is 5.41 Å². The Balaban J connectivity index is 0. The molecule has 0 unspecified atom stereocenters. The van der Waals surface area contributed by atoms with E-state index in [0.717, 1.165) is 6.42 Å². The number of carbonyl (C=O) groups is 1. The zero-order valence-corrected chi connectivity index (χ0v) is 16.8. The molecule has 21 heavy (non-hydrogen) atoms. The maximum atomic E-state index is 11.1. The normalized spacial score (nSPS) is 13.3. The highest BCUT2D eigenvalue weighted by atomic mass is 16.1. The van der Waals surface area contributed by atoms with Crippen LogP contribution in [0.25, 0.3) is 0 Å². The van der Waals surface area contributed by atoms with E-state index in [-0.39, 0.29) is 27.4 Å². The van der Waals surface area contributed by atoms with Crippen LogP contribution in [-0.4, -0.2) is 5.78 Å². The van der Waals surface area contributed by atoms with Crippen LogP contribution in [0.15, 0.2) is 12.2 Å². The Labute approximate surface area is 134 Å². The molecule has 0 aliphatic rings. The van der Waals surface area contributed by atoms with Crippen molar-refractivity contribution in [1.29, 1.82) is 0 Å². The first-order valence-electron chi connectivity index (χ1n) is 8.01. The summed E-state index contributed by atoms with van der Waals surface area (Å²) in [5, 5.41) is 0. The average Bonchev–Trinajstić information content (AvgIpc) is 2.10. The Morgan fingerprint density at radius 1 is 0.762 bits per heavy atom. The molecule has 0 amide bonds. The zero-order valence-electron chi connectivity index (χ0n) is 16.8. The van der Waals surface area contributed by atoms with E-state index in [1.54, 1.807) is 6.92 Å². The second-order valence-corrected chi connectivity index (χ2v) is 10.2. The van der Waals surface area contributed by atoms with Crippen molar-refractivity contribution in [3.8, 4) is 0 Å². The van der Waals surface area contributed by atoms with Crippen LogP contribution in [0.1, 0.15) is 89.5 Å². The lowest BCUT2D eigenvalue weighted by Crippen LogP contribution is -2.27. The molecule has 0 aromatic rings. The Morgan fingerprint density at radius 3 is 1.10 bits per heavy atom. The van der Waals surface area contributed by atoms with E-state index in [2.05, 4.69) is 68.9 Å². The second-order valence-electron chi connectivity index (χ2n) is 10.2. The van der Waals surface area contributed by atoms with Gasteiger partial charge in [0.15, 0.2) is 0 Å². The molecule has 1 nitrogen and oxygen atoms in total. The minimum absolute atomic E-state index is 0.155. The van der Waals surface area contributed by atoms with Crippen molar-refractivity contribution in [3.63, 3.8) is 0 Å². The van der Waals surface area contributed by atoms with E-state index in [9.17, 15) is 4.79 Å². The van der Waals surface area contributed by atoms with E-state index in [4.69, 9.17) is 0 Å². The van der Waals surface area contributed by atoms with Crippen LogP contribution >= 0.6 is 0 Å². The van der Waals surface area contributed by atoms with E-state index in [0.29, 0.717) is 0 Å². The standard InChI is InChI=1S/C10H20O.C10H20/c1-8(11)10(5,6)7-9(2,3)4;1-8(9(2,3)4)10(5,6)7/h7H2,1-6H3;1H2,2-7H3. The van der Waals surface area contributed by atoms with Gasteiger partial charge in [-0.3, -0.25) is 4.79 Å². The number of allylic oxidation sites excluding steroid dienone is 1. The van der Waals surface area contributed by atoms with Gasteiger partial charge in [-0.2, -0.15) is 0 Å². The first-order chi connectivity index (χ1) is 8.81. The first kappa shape index (κ1) is 22.7. The topological polar surface area (TPSA) is 17.1 Å². The maximum absolute atomic E-state index is 11.1. The summed E-state index contributed by atoms with van der Waals surface area (Å²) in [6.45, 7) is 29.5. The van der Waals surface area contributed by atoms with Crippen LogP contribution in [0.5, 0.6) is 0 Å². The zero-order chi connectivity index (χ0) is 17.9. The van der Waals surface area contributed by atoms with E-state index < -0.39 is 0 Å². The van der Waals surface area contributed by atoms with Crippen molar-refractivity contribution >= 4 is 5.78 Å². The Bertz CT molecular complexity index is 335. The lowest BCUT2D eigenvalue weighted by Gasteiger charge is -2.32. The lowest BCUT2D eigenvalue weighted by atomic mass is 9.73. The smallest absolute Gasteiger partial charge is 0.135 e. The summed E-state index contributed by atoms with van der Waals surface area (Å²) in [5.41, 5.74) is 1.91. The maximum Gasteiger partial charge on any atom is 0.135 e. The van der Waals surface area contributed by atoms with Crippen molar-refractivity contribution in [2.24, 2.45) is 21.7 Å². The van der Waals surface area contributed by atoms with Crippen molar-refractivity contribution in [2.75, 3.05) is 0 Å². The Kier molecular flexibility index (Phi) is 7.69. The fraction of sp³-hybridized carbons (Fsp3) is 0.850. The summed E-state index contributed by atoms with van der Waals surface area (Å²) in [5.74, 6) is 0.285. The predicted molar refractivity (Wildman–Crippen MR) is 96.6 cm³/mol. The van der Waals surface area contributed by atoms with Crippen LogP contribution in [0.3, 0.4) is 0 Å². The van der Waals surface area contributed by atoms with Gasteiger partial charge in [-0.1, -0.05) is 88.3 Å². The molecule has 0 saturated carbocycles. The molecule has 0 saturated heterocycles. The summed E-state index contributed by atoms with van der Waals surface area (Å²) < 4.78 is 0. The molecule has 126 valence electrons. The van der Waals surface area contributed by atoms with Gasteiger partial charge in [-0.15, -0.1) is 0 Å². The molecule has 0 spiro atoms. The van der Waals surface area contributed by atoms with Gasteiger partial charge in [-0.25, -0.2) is 0 Å². The average molecular weight is 297 g/mol. The Hall–Kier alpha value is -0.590. The molecule has 0 radical (unpaired) electrons. The number of rotatable bonds is 2. The van der Waals surface area contributed by atoms with E-state index in [1.165, 1.54) is 5.57 Å². The summed E-state index contributed by atoms with van der Waals surface area (Å²) in [6.07, 6.45) is 0.954. The highest BCUT2D eigenvalue weighted by Crippen LogP contribution is 2.37. The number of Topliss-reactive ketones (excluding diaryl/α,β-unsaturated/α-hetero) is 1. The lowest BCUT2D eigenvalue weighted by molar-refractivity contribution is -0.126. The SMILES string of the molecule is C=C(C(C)(C)C)C(C)(C)C.CC(=O)C(C)(C)CC(C)(C)C. The molecule has 0 N–H and O–H groups in total. The number of hydrogen-bond donors (Lipinski definition) is 0. The quantitative estimate of drug-likeness (QED) is 0.520. The van der Waals surface area contributed by atoms with Crippen LogP contribution in [0.4, 0.5) is 0 Å². The molecular formula is C20H40O. The fourth-order valence-corrected chi connectivity index (χ4v) is 2.58. The number of hydrogen-bond acceptors (Lipinski definition) is 1. The van der Waals surface area contributed by atoms with E-state index in [1.807, 2.05) is 13.8 Å². The summed E-state index contributed by atoms with van der Waals surface area (Å²) in [4.78, 5) is 11.1. The molecule has 1 heteroatoms. The third-order valence-electron chi connectivity index (χ3n) is 3.74.